The summed E-state index contributed by atoms with van der Waals surface area (Å²) in [5, 5.41) is 10.7. The molecule has 1 N–H and O–H groups in total. The highest BCUT2D eigenvalue weighted by Gasteiger charge is 2.27. The molecule has 2 aromatic carbocycles. The van der Waals surface area contributed by atoms with Crippen molar-refractivity contribution >= 4 is 0 Å². The van der Waals surface area contributed by atoms with E-state index in [1.165, 1.54) is 24.0 Å². The van der Waals surface area contributed by atoms with Gasteiger partial charge >= 0.3 is 0 Å². The number of hydrogen-bond acceptors (Lipinski definition) is 2. The van der Waals surface area contributed by atoms with Crippen LogP contribution in [0.4, 0.5) is 0 Å². The first-order chi connectivity index (χ1) is 11.3. The van der Waals surface area contributed by atoms with Crippen molar-refractivity contribution in [2.24, 2.45) is 0 Å². The van der Waals surface area contributed by atoms with E-state index in [1.54, 1.807) is 0 Å². The van der Waals surface area contributed by atoms with E-state index in [9.17, 15) is 5.11 Å². The molecule has 1 heterocycles. The molecule has 2 heteroatoms. The van der Waals surface area contributed by atoms with Crippen LogP contribution in [-0.4, -0.2) is 29.1 Å². The van der Waals surface area contributed by atoms with Gasteiger partial charge in [0.15, 0.2) is 0 Å². The third-order valence-corrected chi connectivity index (χ3v) is 5.08. The lowest BCUT2D eigenvalue weighted by Gasteiger charge is -2.30. The van der Waals surface area contributed by atoms with Gasteiger partial charge in [-0.2, -0.15) is 0 Å². The van der Waals surface area contributed by atoms with Gasteiger partial charge < -0.3 is 5.11 Å². The van der Waals surface area contributed by atoms with Gasteiger partial charge in [-0.05, 0) is 55.8 Å². The van der Waals surface area contributed by atoms with Gasteiger partial charge in [-0.15, -0.1) is 0 Å². The van der Waals surface area contributed by atoms with E-state index >= 15 is 0 Å². The molecular formula is C21H27NO. The van der Waals surface area contributed by atoms with E-state index in [4.69, 9.17) is 0 Å². The monoisotopic (exact) mass is 309 g/mol. The summed E-state index contributed by atoms with van der Waals surface area (Å²) < 4.78 is 0. The van der Waals surface area contributed by atoms with Crippen LogP contribution < -0.4 is 0 Å². The number of rotatable bonds is 5. The van der Waals surface area contributed by atoms with E-state index in [0.29, 0.717) is 0 Å². The average Bonchev–Trinajstić information content (AvgIpc) is 2.72. The molecule has 0 spiro atoms. The first-order valence-corrected chi connectivity index (χ1v) is 8.79. The number of unbranched alkanes of at least 4 members (excludes halogenated alkanes) is 1. The highest BCUT2D eigenvalue weighted by atomic mass is 16.3. The van der Waals surface area contributed by atoms with Crippen LogP contribution in [0.25, 0.3) is 0 Å². The SMILES string of the molecule is C[C@@H]1[C@H](O)c2ccccc2CCN1CCCCc1ccccc1. The van der Waals surface area contributed by atoms with Crippen LogP contribution in [0.1, 0.15) is 42.6 Å². The molecule has 23 heavy (non-hydrogen) atoms. The van der Waals surface area contributed by atoms with Crippen molar-refractivity contribution in [3.05, 3.63) is 71.3 Å². The first-order valence-electron chi connectivity index (χ1n) is 8.79. The van der Waals surface area contributed by atoms with Crippen LogP contribution in [0.5, 0.6) is 0 Å². The van der Waals surface area contributed by atoms with Crippen LogP contribution in [0.2, 0.25) is 0 Å². The third kappa shape index (κ3) is 4.01. The Morgan fingerprint density at radius 2 is 1.74 bits per heavy atom. The fraction of sp³-hybridized carbons (Fsp3) is 0.429. The molecule has 2 aromatic rings. The quantitative estimate of drug-likeness (QED) is 0.844. The maximum Gasteiger partial charge on any atom is 0.0945 e. The molecule has 0 saturated heterocycles. The lowest BCUT2D eigenvalue weighted by Crippen LogP contribution is -2.37. The Balaban J connectivity index is 1.53. The van der Waals surface area contributed by atoms with Crippen molar-refractivity contribution in [2.45, 2.75) is 44.8 Å². The summed E-state index contributed by atoms with van der Waals surface area (Å²) in [4.78, 5) is 2.45. The van der Waals surface area contributed by atoms with E-state index in [2.05, 4.69) is 60.4 Å². The summed E-state index contributed by atoms with van der Waals surface area (Å²) in [5.41, 5.74) is 3.84. The largest absolute Gasteiger partial charge is 0.387 e. The predicted octanol–water partition coefficient (Wildman–Crippen LogP) is 3.99. The van der Waals surface area contributed by atoms with Gasteiger partial charge in [0.25, 0.3) is 0 Å². The lowest BCUT2D eigenvalue weighted by atomic mass is 9.98. The second kappa shape index (κ2) is 7.76. The van der Waals surface area contributed by atoms with Crippen molar-refractivity contribution in [3.8, 4) is 0 Å². The van der Waals surface area contributed by atoms with Crippen molar-refractivity contribution in [1.82, 2.24) is 4.90 Å². The van der Waals surface area contributed by atoms with Crippen LogP contribution in [0.15, 0.2) is 54.6 Å². The molecule has 0 saturated carbocycles. The van der Waals surface area contributed by atoms with Crippen LogP contribution in [-0.2, 0) is 12.8 Å². The summed E-state index contributed by atoms with van der Waals surface area (Å²) in [6.07, 6.45) is 4.20. The predicted molar refractivity (Wildman–Crippen MR) is 95.5 cm³/mol. The van der Waals surface area contributed by atoms with Gasteiger partial charge in [0.1, 0.15) is 0 Å². The Bertz CT molecular complexity index is 610. The first kappa shape index (κ1) is 16.2. The average molecular weight is 309 g/mol. The molecule has 0 radical (unpaired) electrons. The number of fused-ring (bicyclic) bond motifs is 1. The Morgan fingerprint density at radius 3 is 2.57 bits per heavy atom. The third-order valence-electron chi connectivity index (χ3n) is 5.08. The van der Waals surface area contributed by atoms with Crippen molar-refractivity contribution < 1.29 is 5.11 Å². The lowest BCUT2D eigenvalue weighted by molar-refractivity contribution is 0.0635. The van der Waals surface area contributed by atoms with Crippen LogP contribution in [0, 0.1) is 0 Å². The second-order valence-corrected chi connectivity index (χ2v) is 6.61. The molecule has 0 amide bonds. The summed E-state index contributed by atoms with van der Waals surface area (Å²) in [6.45, 7) is 4.27. The topological polar surface area (TPSA) is 23.5 Å². The maximum absolute atomic E-state index is 10.7. The summed E-state index contributed by atoms with van der Waals surface area (Å²) >= 11 is 0. The molecule has 0 unspecified atom stereocenters. The Labute approximate surface area is 139 Å². The van der Waals surface area contributed by atoms with E-state index in [0.717, 1.165) is 31.5 Å². The molecule has 2 nitrogen and oxygen atoms in total. The minimum Gasteiger partial charge on any atom is -0.387 e. The second-order valence-electron chi connectivity index (χ2n) is 6.61. The maximum atomic E-state index is 10.7. The molecule has 2 atom stereocenters. The Hall–Kier alpha value is -1.64. The zero-order chi connectivity index (χ0) is 16.1. The fourth-order valence-electron chi connectivity index (χ4n) is 3.58. The molecule has 0 fully saturated rings. The van der Waals surface area contributed by atoms with Gasteiger partial charge in [0.2, 0.25) is 0 Å². The minimum absolute atomic E-state index is 0.190. The van der Waals surface area contributed by atoms with Gasteiger partial charge in [0, 0.05) is 12.6 Å². The summed E-state index contributed by atoms with van der Waals surface area (Å²) in [6, 6.07) is 19.2. The van der Waals surface area contributed by atoms with E-state index < -0.39 is 0 Å². The number of benzene rings is 2. The Morgan fingerprint density at radius 1 is 1.00 bits per heavy atom. The van der Waals surface area contributed by atoms with Crippen molar-refractivity contribution in [3.63, 3.8) is 0 Å². The highest BCUT2D eigenvalue weighted by molar-refractivity contribution is 5.31. The molecule has 0 bridgehead atoms. The van der Waals surface area contributed by atoms with Gasteiger partial charge in [-0.1, -0.05) is 54.6 Å². The van der Waals surface area contributed by atoms with Crippen LogP contribution in [0.3, 0.4) is 0 Å². The van der Waals surface area contributed by atoms with Crippen molar-refractivity contribution in [2.75, 3.05) is 13.1 Å². The Kier molecular flexibility index (Phi) is 5.47. The van der Waals surface area contributed by atoms with Gasteiger partial charge in [-0.3, -0.25) is 4.90 Å². The molecule has 1 aliphatic rings. The zero-order valence-corrected chi connectivity index (χ0v) is 14.0. The van der Waals surface area contributed by atoms with E-state index in [1.807, 2.05) is 6.07 Å². The molecule has 0 aromatic heterocycles. The number of aryl methyl sites for hydroxylation is 1. The highest BCUT2D eigenvalue weighted by Crippen LogP contribution is 2.28. The normalized spacial score (nSPS) is 21.7. The zero-order valence-electron chi connectivity index (χ0n) is 14.0. The van der Waals surface area contributed by atoms with E-state index in [-0.39, 0.29) is 12.1 Å². The number of aliphatic hydroxyl groups excluding tert-OH is 1. The minimum atomic E-state index is -0.372. The standard InChI is InChI=1S/C21H27NO/c1-17-21(23)20-13-6-5-12-19(20)14-16-22(17)15-8-7-11-18-9-3-2-4-10-18/h2-6,9-10,12-13,17,21,23H,7-8,11,14-16H2,1H3/t17-,21+/m1/s1. The van der Waals surface area contributed by atoms with Crippen LogP contribution >= 0.6 is 0 Å². The molecule has 1 aliphatic heterocycles. The molecule has 0 aliphatic carbocycles. The molecule has 3 rings (SSSR count). The summed E-state index contributed by atoms with van der Waals surface area (Å²) in [5.74, 6) is 0. The van der Waals surface area contributed by atoms with Crippen molar-refractivity contribution in [1.29, 1.82) is 0 Å². The number of nitrogens with zero attached hydrogens (tertiary/aromatic N) is 1. The number of hydrogen-bond donors (Lipinski definition) is 1. The fourth-order valence-corrected chi connectivity index (χ4v) is 3.58. The molecule has 122 valence electrons. The molecular weight excluding hydrogens is 282 g/mol. The van der Waals surface area contributed by atoms with Gasteiger partial charge in [-0.25, -0.2) is 0 Å². The number of aliphatic hydroxyl groups is 1. The smallest absolute Gasteiger partial charge is 0.0945 e. The van der Waals surface area contributed by atoms with Gasteiger partial charge in [0.05, 0.1) is 6.10 Å². The summed E-state index contributed by atoms with van der Waals surface area (Å²) in [7, 11) is 0.